The van der Waals surface area contributed by atoms with Gasteiger partial charge in [-0.15, -0.1) is 0 Å². The van der Waals surface area contributed by atoms with Gasteiger partial charge in [0.2, 0.25) is 0 Å². The molecule has 0 fully saturated rings. The Bertz CT molecular complexity index is 602. The van der Waals surface area contributed by atoms with E-state index in [2.05, 4.69) is 22.2 Å². The number of halogens is 1. The minimum absolute atomic E-state index is 0.227. The quantitative estimate of drug-likeness (QED) is 0.909. The number of ether oxygens (including phenoxy) is 1. The number of methoxy groups -OCH3 is 1. The van der Waals surface area contributed by atoms with Gasteiger partial charge in [0.1, 0.15) is 11.6 Å². The average molecular weight is 275 g/mol. The lowest BCUT2D eigenvalue weighted by atomic mass is 10.1. The summed E-state index contributed by atoms with van der Waals surface area (Å²) in [4.78, 5) is 8.86. The molecule has 2 rings (SSSR count). The number of hydrogen-bond acceptors (Lipinski definition) is 4. The van der Waals surface area contributed by atoms with Gasteiger partial charge in [0.05, 0.1) is 12.8 Å². The number of aryl methyl sites for hydroxylation is 1. The number of aromatic nitrogens is 2. The van der Waals surface area contributed by atoms with Crippen molar-refractivity contribution in [3.05, 3.63) is 35.9 Å². The molecule has 2 aromatic rings. The second-order valence-electron chi connectivity index (χ2n) is 4.40. The first-order chi connectivity index (χ1) is 9.67. The Kier molecular flexibility index (Phi) is 4.50. The predicted octanol–water partition coefficient (Wildman–Crippen LogP) is 3.29. The molecule has 0 aliphatic heterocycles. The fourth-order valence-electron chi connectivity index (χ4n) is 1.93. The average Bonchev–Trinajstić information content (AvgIpc) is 2.47. The molecule has 1 aromatic heterocycles. The van der Waals surface area contributed by atoms with Crippen LogP contribution >= 0.6 is 0 Å². The second kappa shape index (κ2) is 6.32. The maximum Gasteiger partial charge on any atom is 0.165 e. The van der Waals surface area contributed by atoms with E-state index in [4.69, 9.17) is 4.74 Å². The summed E-state index contributed by atoms with van der Waals surface area (Å²) < 4.78 is 18.7. The molecular weight excluding hydrogens is 257 g/mol. The molecule has 0 unspecified atom stereocenters. The van der Waals surface area contributed by atoms with Crippen molar-refractivity contribution in [3.8, 4) is 17.0 Å². The van der Waals surface area contributed by atoms with Crippen molar-refractivity contribution in [3.63, 3.8) is 0 Å². The summed E-state index contributed by atoms with van der Waals surface area (Å²) >= 11 is 0. The van der Waals surface area contributed by atoms with E-state index in [1.165, 1.54) is 13.2 Å². The molecule has 0 bridgehead atoms. The van der Waals surface area contributed by atoms with Crippen LogP contribution in [0.1, 0.15) is 19.2 Å². The highest BCUT2D eigenvalue weighted by molar-refractivity contribution is 5.63. The minimum Gasteiger partial charge on any atom is -0.494 e. The van der Waals surface area contributed by atoms with E-state index in [1.807, 2.05) is 0 Å². The number of anilines is 1. The molecule has 20 heavy (non-hydrogen) atoms. The molecule has 0 aliphatic rings. The van der Waals surface area contributed by atoms with Crippen molar-refractivity contribution < 1.29 is 9.13 Å². The Morgan fingerprint density at radius 2 is 2.05 bits per heavy atom. The molecule has 0 saturated heterocycles. The number of rotatable bonds is 5. The van der Waals surface area contributed by atoms with Gasteiger partial charge in [0.25, 0.3) is 0 Å². The van der Waals surface area contributed by atoms with Crippen molar-refractivity contribution in [2.45, 2.75) is 19.8 Å². The van der Waals surface area contributed by atoms with Crippen LogP contribution in [-0.2, 0) is 6.42 Å². The van der Waals surface area contributed by atoms with E-state index in [0.29, 0.717) is 11.3 Å². The summed E-state index contributed by atoms with van der Waals surface area (Å²) in [5.41, 5.74) is 1.41. The van der Waals surface area contributed by atoms with Crippen molar-refractivity contribution >= 4 is 5.82 Å². The topological polar surface area (TPSA) is 47.0 Å². The third kappa shape index (κ3) is 3.04. The van der Waals surface area contributed by atoms with Gasteiger partial charge in [-0.3, -0.25) is 0 Å². The van der Waals surface area contributed by atoms with Gasteiger partial charge in [-0.05, 0) is 24.6 Å². The minimum atomic E-state index is -0.397. The van der Waals surface area contributed by atoms with Crippen LogP contribution in [0.15, 0.2) is 24.3 Å². The highest BCUT2D eigenvalue weighted by Gasteiger charge is 2.09. The molecule has 0 saturated carbocycles. The first-order valence-corrected chi connectivity index (χ1v) is 6.57. The van der Waals surface area contributed by atoms with E-state index in [-0.39, 0.29) is 5.75 Å². The Hall–Kier alpha value is -2.17. The fourth-order valence-corrected chi connectivity index (χ4v) is 1.93. The van der Waals surface area contributed by atoms with Crippen LogP contribution in [0.4, 0.5) is 10.2 Å². The summed E-state index contributed by atoms with van der Waals surface area (Å²) in [6, 6.07) is 6.63. The van der Waals surface area contributed by atoms with Gasteiger partial charge in [0.15, 0.2) is 11.6 Å². The third-order valence-electron chi connectivity index (χ3n) is 2.95. The molecular formula is C15H18FN3O. The van der Waals surface area contributed by atoms with Gasteiger partial charge in [0, 0.05) is 25.1 Å². The van der Waals surface area contributed by atoms with Crippen LogP contribution < -0.4 is 10.1 Å². The second-order valence-corrected chi connectivity index (χ2v) is 4.40. The zero-order valence-electron chi connectivity index (χ0n) is 11.9. The summed E-state index contributed by atoms with van der Waals surface area (Å²) in [6.45, 7) is 2.07. The molecule has 0 amide bonds. The summed E-state index contributed by atoms with van der Waals surface area (Å²) in [7, 11) is 3.25. The molecule has 0 spiro atoms. The van der Waals surface area contributed by atoms with Crippen molar-refractivity contribution in [2.24, 2.45) is 0 Å². The van der Waals surface area contributed by atoms with Crippen molar-refractivity contribution in [1.82, 2.24) is 9.97 Å². The zero-order chi connectivity index (χ0) is 14.5. The SMILES string of the molecule is CCCc1nc(NC)cc(-c2ccc(OC)c(F)c2)n1. The number of hydrogen-bond donors (Lipinski definition) is 1. The number of benzene rings is 1. The molecule has 0 aliphatic carbocycles. The van der Waals surface area contributed by atoms with E-state index < -0.39 is 5.82 Å². The van der Waals surface area contributed by atoms with E-state index in [9.17, 15) is 4.39 Å². The van der Waals surface area contributed by atoms with Crippen LogP contribution in [0.25, 0.3) is 11.3 Å². The molecule has 5 heteroatoms. The standard InChI is InChI=1S/C15H18FN3O/c1-4-5-14-18-12(9-15(17-2)19-14)10-6-7-13(20-3)11(16)8-10/h6-9H,4-5H2,1-3H3,(H,17,18,19). The summed E-state index contributed by atoms with van der Waals surface area (Å²) in [5.74, 6) is 1.32. The Morgan fingerprint density at radius 1 is 1.25 bits per heavy atom. The van der Waals surface area contributed by atoms with Crippen LogP contribution in [0.5, 0.6) is 5.75 Å². The Morgan fingerprint density at radius 3 is 2.65 bits per heavy atom. The van der Waals surface area contributed by atoms with E-state index in [0.717, 1.165) is 24.5 Å². The third-order valence-corrected chi connectivity index (χ3v) is 2.95. The van der Waals surface area contributed by atoms with Crippen molar-refractivity contribution in [1.29, 1.82) is 0 Å². The first kappa shape index (κ1) is 14.2. The van der Waals surface area contributed by atoms with E-state index >= 15 is 0 Å². The van der Waals surface area contributed by atoms with Gasteiger partial charge in [-0.2, -0.15) is 0 Å². The van der Waals surface area contributed by atoms with Gasteiger partial charge in [-0.1, -0.05) is 6.92 Å². The largest absolute Gasteiger partial charge is 0.494 e. The van der Waals surface area contributed by atoms with E-state index in [1.54, 1.807) is 25.2 Å². The van der Waals surface area contributed by atoms with Gasteiger partial charge >= 0.3 is 0 Å². The number of nitrogens with one attached hydrogen (secondary N) is 1. The maximum atomic E-state index is 13.8. The van der Waals surface area contributed by atoms with Crippen LogP contribution in [0.3, 0.4) is 0 Å². The normalized spacial score (nSPS) is 10.4. The molecule has 1 N–H and O–H groups in total. The highest BCUT2D eigenvalue weighted by Crippen LogP contribution is 2.25. The smallest absolute Gasteiger partial charge is 0.165 e. The summed E-state index contributed by atoms with van der Waals surface area (Å²) in [5, 5.41) is 3.00. The van der Waals surface area contributed by atoms with Crippen LogP contribution in [0, 0.1) is 5.82 Å². The molecule has 1 heterocycles. The highest BCUT2D eigenvalue weighted by atomic mass is 19.1. The Balaban J connectivity index is 2.45. The first-order valence-electron chi connectivity index (χ1n) is 6.57. The van der Waals surface area contributed by atoms with Crippen LogP contribution in [-0.4, -0.2) is 24.1 Å². The van der Waals surface area contributed by atoms with Gasteiger partial charge < -0.3 is 10.1 Å². The molecule has 1 aromatic carbocycles. The monoisotopic (exact) mass is 275 g/mol. The summed E-state index contributed by atoms with van der Waals surface area (Å²) in [6.07, 6.45) is 1.75. The maximum absolute atomic E-state index is 13.8. The number of nitrogens with zero attached hydrogens (tertiary/aromatic N) is 2. The zero-order valence-corrected chi connectivity index (χ0v) is 11.9. The Labute approximate surface area is 118 Å². The molecule has 4 nitrogen and oxygen atoms in total. The predicted molar refractivity (Wildman–Crippen MR) is 77.5 cm³/mol. The molecule has 0 radical (unpaired) electrons. The molecule has 0 atom stereocenters. The fraction of sp³-hybridized carbons (Fsp3) is 0.333. The lowest BCUT2D eigenvalue weighted by molar-refractivity contribution is 0.386. The van der Waals surface area contributed by atoms with Crippen molar-refractivity contribution in [2.75, 3.05) is 19.5 Å². The lowest BCUT2D eigenvalue weighted by Gasteiger charge is -2.09. The van der Waals surface area contributed by atoms with Crippen LogP contribution in [0.2, 0.25) is 0 Å². The molecule has 106 valence electrons. The van der Waals surface area contributed by atoms with Gasteiger partial charge in [-0.25, -0.2) is 14.4 Å². The lowest BCUT2D eigenvalue weighted by Crippen LogP contribution is -2.02.